The van der Waals surface area contributed by atoms with Crippen LogP contribution in [0.1, 0.15) is 35.3 Å². The third kappa shape index (κ3) is 2.92. The van der Waals surface area contributed by atoms with E-state index in [-0.39, 0.29) is 11.9 Å². The summed E-state index contributed by atoms with van der Waals surface area (Å²) < 4.78 is 0. The molecule has 0 spiro atoms. The van der Waals surface area contributed by atoms with Crippen LogP contribution in [0.3, 0.4) is 0 Å². The van der Waals surface area contributed by atoms with E-state index in [2.05, 4.69) is 6.58 Å². The maximum absolute atomic E-state index is 12.5. The van der Waals surface area contributed by atoms with E-state index in [1.54, 1.807) is 17.0 Å². The summed E-state index contributed by atoms with van der Waals surface area (Å²) in [7, 11) is 0. The zero-order valence-electron chi connectivity index (χ0n) is 11.7. The average Bonchev–Trinajstić information content (AvgIpc) is 2.29. The first-order valence-electron chi connectivity index (χ1n) is 6.17. The van der Waals surface area contributed by atoms with Crippen molar-refractivity contribution in [2.45, 2.75) is 33.7 Å². The molecule has 0 radical (unpaired) electrons. The number of nitrogens with two attached hydrogens (primary N) is 1. The number of hydrogen-bond donors (Lipinski definition) is 1. The minimum Gasteiger partial charge on any atom is -0.398 e. The largest absolute Gasteiger partial charge is 0.398 e. The van der Waals surface area contributed by atoms with E-state index in [4.69, 9.17) is 5.73 Å². The van der Waals surface area contributed by atoms with Crippen LogP contribution in [0.25, 0.3) is 0 Å². The molecule has 3 nitrogen and oxygen atoms in total. The van der Waals surface area contributed by atoms with Gasteiger partial charge in [0.2, 0.25) is 0 Å². The maximum Gasteiger partial charge on any atom is 0.254 e. The van der Waals surface area contributed by atoms with Crippen molar-refractivity contribution < 1.29 is 4.79 Å². The molecule has 0 aliphatic carbocycles. The van der Waals surface area contributed by atoms with E-state index in [1.807, 2.05) is 33.8 Å². The lowest BCUT2D eigenvalue weighted by Crippen LogP contribution is -2.37. The summed E-state index contributed by atoms with van der Waals surface area (Å²) in [5.41, 5.74) is 9.18. The van der Waals surface area contributed by atoms with Crippen LogP contribution in [0.2, 0.25) is 0 Å². The third-order valence-electron chi connectivity index (χ3n) is 3.05. The van der Waals surface area contributed by atoms with Crippen molar-refractivity contribution in [2.75, 3.05) is 12.3 Å². The zero-order valence-corrected chi connectivity index (χ0v) is 11.7. The van der Waals surface area contributed by atoms with Gasteiger partial charge in [-0.15, -0.1) is 6.58 Å². The van der Waals surface area contributed by atoms with E-state index >= 15 is 0 Å². The normalized spacial score (nSPS) is 10.5. The molecular formula is C15H22N2O. The summed E-state index contributed by atoms with van der Waals surface area (Å²) in [6.07, 6.45) is 1.74. The summed E-state index contributed by atoms with van der Waals surface area (Å²) >= 11 is 0. The number of hydrogen-bond acceptors (Lipinski definition) is 2. The Morgan fingerprint density at radius 1 is 1.39 bits per heavy atom. The predicted octanol–water partition coefficient (Wildman–Crippen LogP) is 2.92. The van der Waals surface area contributed by atoms with E-state index in [9.17, 15) is 4.79 Å². The Labute approximate surface area is 109 Å². The fraction of sp³-hybridized carbons (Fsp3) is 0.400. The number of carbonyl (C=O) groups is 1. The first-order chi connectivity index (χ1) is 8.38. The van der Waals surface area contributed by atoms with Crippen molar-refractivity contribution in [2.24, 2.45) is 0 Å². The molecule has 18 heavy (non-hydrogen) atoms. The van der Waals surface area contributed by atoms with Gasteiger partial charge in [-0.2, -0.15) is 0 Å². The number of carbonyl (C=O) groups excluding carboxylic acids is 1. The second-order valence-corrected chi connectivity index (χ2v) is 4.86. The molecule has 0 heterocycles. The van der Waals surface area contributed by atoms with Crippen LogP contribution >= 0.6 is 0 Å². The van der Waals surface area contributed by atoms with Crippen molar-refractivity contribution in [1.29, 1.82) is 0 Å². The van der Waals surface area contributed by atoms with Gasteiger partial charge in [-0.1, -0.05) is 12.1 Å². The summed E-state index contributed by atoms with van der Waals surface area (Å²) in [4.78, 5) is 14.3. The van der Waals surface area contributed by atoms with Crippen LogP contribution in [0, 0.1) is 13.8 Å². The number of benzene rings is 1. The highest BCUT2D eigenvalue weighted by molar-refractivity contribution is 5.97. The van der Waals surface area contributed by atoms with Gasteiger partial charge in [-0.25, -0.2) is 0 Å². The molecule has 0 atom stereocenters. The molecule has 1 rings (SSSR count). The molecule has 0 aromatic heterocycles. The SMILES string of the molecule is C=CCN(C(=O)c1cc(N)c(C)cc1C)C(C)C. The number of aryl methyl sites for hydroxylation is 2. The van der Waals surface area contributed by atoms with Crippen molar-refractivity contribution >= 4 is 11.6 Å². The molecule has 1 amide bonds. The van der Waals surface area contributed by atoms with Gasteiger partial charge in [-0.05, 0) is 44.9 Å². The summed E-state index contributed by atoms with van der Waals surface area (Å²) in [5, 5.41) is 0. The Bertz CT molecular complexity index is 464. The molecule has 0 unspecified atom stereocenters. The van der Waals surface area contributed by atoms with Crippen molar-refractivity contribution in [3.05, 3.63) is 41.5 Å². The number of nitrogen functional groups attached to an aromatic ring is 1. The van der Waals surface area contributed by atoms with E-state index in [0.717, 1.165) is 11.1 Å². The first-order valence-corrected chi connectivity index (χ1v) is 6.17. The van der Waals surface area contributed by atoms with Crippen molar-refractivity contribution in [3.8, 4) is 0 Å². The standard InChI is InChI=1S/C15H22N2O/c1-6-7-17(10(2)3)15(18)13-9-14(16)12(5)8-11(13)4/h6,8-10H,1,7,16H2,2-5H3. The molecule has 98 valence electrons. The van der Waals surface area contributed by atoms with E-state index < -0.39 is 0 Å². The first kappa shape index (κ1) is 14.3. The fourth-order valence-electron chi connectivity index (χ4n) is 1.92. The number of anilines is 1. The summed E-state index contributed by atoms with van der Waals surface area (Å²) in [5.74, 6) is 0.00843. The molecule has 1 aromatic carbocycles. The molecule has 0 bridgehead atoms. The van der Waals surface area contributed by atoms with Gasteiger partial charge < -0.3 is 10.6 Å². The summed E-state index contributed by atoms with van der Waals surface area (Å²) in [6, 6.07) is 3.86. The molecule has 0 aliphatic heterocycles. The smallest absolute Gasteiger partial charge is 0.254 e. The Balaban J connectivity index is 3.16. The number of nitrogens with zero attached hydrogens (tertiary/aromatic N) is 1. The minimum atomic E-state index is 0.00843. The molecule has 0 saturated heterocycles. The molecule has 0 aliphatic rings. The van der Waals surface area contributed by atoms with Crippen molar-refractivity contribution in [3.63, 3.8) is 0 Å². The fourth-order valence-corrected chi connectivity index (χ4v) is 1.92. The lowest BCUT2D eigenvalue weighted by molar-refractivity contribution is 0.0728. The van der Waals surface area contributed by atoms with Crippen molar-refractivity contribution in [1.82, 2.24) is 4.90 Å². The quantitative estimate of drug-likeness (QED) is 0.656. The van der Waals surface area contributed by atoms with Gasteiger partial charge in [0.05, 0.1) is 0 Å². The third-order valence-corrected chi connectivity index (χ3v) is 3.05. The highest BCUT2D eigenvalue weighted by Gasteiger charge is 2.19. The molecule has 0 fully saturated rings. The van der Waals surface area contributed by atoms with Crippen LogP contribution in [-0.2, 0) is 0 Å². The molecular weight excluding hydrogens is 224 g/mol. The van der Waals surface area contributed by atoms with Crippen LogP contribution in [0.4, 0.5) is 5.69 Å². The molecule has 3 heteroatoms. The van der Waals surface area contributed by atoms with Crippen LogP contribution in [-0.4, -0.2) is 23.4 Å². The van der Waals surface area contributed by atoms with Crippen LogP contribution in [0.15, 0.2) is 24.8 Å². The lowest BCUT2D eigenvalue weighted by Gasteiger charge is -2.26. The Morgan fingerprint density at radius 2 is 2.00 bits per heavy atom. The number of amides is 1. The predicted molar refractivity (Wildman–Crippen MR) is 76.7 cm³/mol. The van der Waals surface area contributed by atoms with Crippen LogP contribution in [0.5, 0.6) is 0 Å². The lowest BCUT2D eigenvalue weighted by atomic mass is 10.0. The van der Waals surface area contributed by atoms with Gasteiger partial charge in [0.1, 0.15) is 0 Å². The second kappa shape index (κ2) is 5.71. The maximum atomic E-state index is 12.5. The number of rotatable bonds is 4. The average molecular weight is 246 g/mol. The highest BCUT2D eigenvalue weighted by atomic mass is 16.2. The van der Waals surface area contributed by atoms with Gasteiger partial charge in [0, 0.05) is 23.8 Å². The Hall–Kier alpha value is -1.77. The topological polar surface area (TPSA) is 46.3 Å². The molecule has 0 saturated carbocycles. The Morgan fingerprint density at radius 3 is 2.50 bits per heavy atom. The zero-order chi connectivity index (χ0) is 13.9. The van der Waals surface area contributed by atoms with E-state index in [1.165, 1.54) is 0 Å². The van der Waals surface area contributed by atoms with Gasteiger partial charge in [0.15, 0.2) is 0 Å². The van der Waals surface area contributed by atoms with Gasteiger partial charge in [-0.3, -0.25) is 4.79 Å². The monoisotopic (exact) mass is 246 g/mol. The summed E-state index contributed by atoms with van der Waals surface area (Å²) in [6.45, 7) is 12.1. The molecule has 1 aromatic rings. The van der Waals surface area contributed by atoms with Gasteiger partial charge in [0.25, 0.3) is 5.91 Å². The minimum absolute atomic E-state index is 0.00843. The van der Waals surface area contributed by atoms with Gasteiger partial charge >= 0.3 is 0 Å². The van der Waals surface area contributed by atoms with E-state index in [0.29, 0.717) is 17.8 Å². The second-order valence-electron chi connectivity index (χ2n) is 4.86. The Kier molecular flexibility index (Phi) is 4.54. The molecule has 2 N–H and O–H groups in total. The highest BCUT2D eigenvalue weighted by Crippen LogP contribution is 2.20. The van der Waals surface area contributed by atoms with Crippen LogP contribution < -0.4 is 5.73 Å².